The molecule has 0 aliphatic carbocycles. The zero-order chi connectivity index (χ0) is 11.6. The quantitative estimate of drug-likeness (QED) is 0.551. The van der Waals surface area contributed by atoms with Gasteiger partial charge in [-0.1, -0.05) is 26.7 Å². The molecular weight excluding hydrogens is 190 g/mol. The Morgan fingerprint density at radius 2 is 1.67 bits per heavy atom. The lowest BCUT2D eigenvalue weighted by molar-refractivity contribution is 0.0780. The first-order valence-electron chi connectivity index (χ1n) is 6.16. The van der Waals surface area contributed by atoms with E-state index >= 15 is 0 Å². The molecule has 0 aromatic rings. The van der Waals surface area contributed by atoms with Gasteiger partial charge >= 0.3 is 0 Å². The maximum absolute atomic E-state index is 8.59. The molecule has 0 heterocycles. The summed E-state index contributed by atoms with van der Waals surface area (Å²) < 4.78 is 5.57. The lowest BCUT2D eigenvalue weighted by atomic mass is 9.96. The normalized spacial score (nSPS) is 12.0. The Balaban J connectivity index is 3.29. The summed E-state index contributed by atoms with van der Waals surface area (Å²) in [7, 11) is 0. The van der Waals surface area contributed by atoms with Crippen LogP contribution >= 0.6 is 0 Å². The zero-order valence-electron chi connectivity index (χ0n) is 10.3. The summed E-state index contributed by atoms with van der Waals surface area (Å²) in [4.78, 5) is 0. The third-order valence-corrected chi connectivity index (χ3v) is 2.99. The predicted molar refractivity (Wildman–Crippen MR) is 63.9 cm³/mol. The molecule has 15 heavy (non-hydrogen) atoms. The summed E-state index contributed by atoms with van der Waals surface area (Å²) in [5.74, 6) is 0. The van der Waals surface area contributed by atoms with Crippen molar-refractivity contribution in [3.05, 3.63) is 0 Å². The molecule has 0 bridgehead atoms. The van der Waals surface area contributed by atoms with Crippen LogP contribution in [0.15, 0.2) is 0 Å². The van der Waals surface area contributed by atoms with Gasteiger partial charge in [0.15, 0.2) is 0 Å². The topological polar surface area (TPSA) is 55.5 Å². The van der Waals surface area contributed by atoms with Gasteiger partial charge in [-0.15, -0.1) is 0 Å². The Bertz CT molecular complexity index is 136. The Kier molecular flexibility index (Phi) is 9.06. The molecule has 0 saturated carbocycles. The molecule has 3 N–H and O–H groups in total. The number of hydrogen-bond acceptors (Lipinski definition) is 3. The van der Waals surface area contributed by atoms with Crippen molar-refractivity contribution in [1.82, 2.24) is 0 Å². The first kappa shape index (κ1) is 14.9. The van der Waals surface area contributed by atoms with Crippen LogP contribution in [0.5, 0.6) is 0 Å². The molecule has 0 aromatic heterocycles. The average molecular weight is 217 g/mol. The number of rotatable bonds is 10. The van der Waals surface area contributed by atoms with Gasteiger partial charge in [-0.25, -0.2) is 0 Å². The average Bonchev–Trinajstić information content (AvgIpc) is 2.27. The first-order chi connectivity index (χ1) is 7.18. The van der Waals surface area contributed by atoms with Crippen LogP contribution in [0.3, 0.4) is 0 Å². The van der Waals surface area contributed by atoms with Gasteiger partial charge in [0, 0.05) is 18.8 Å². The molecule has 0 aliphatic heterocycles. The minimum Gasteiger partial charge on any atom is -0.396 e. The van der Waals surface area contributed by atoms with E-state index in [0.717, 1.165) is 45.1 Å². The number of ether oxygens (including phenoxy) is 1. The Hall–Kier alpha value is -0.120. The molecule has 0 spiro atoms. The van der Waals surface area contributed by atoms with Gasteiger partial charge in [0.1, 0.15) is 0 Å². The summed E-state index contributed by atoms with van der Waals surface area (Å²) in [6.45, 7) is 5.98. The van der Waals surface area contributed by atoms with Crippen molar-refractivity contribution < 1.29 is 9.84 Å². The van der Waals surface area contributed by atoms with Crippen LogP contribution in [-0.2, 0) is 4.74 Å². The highest BCUT2D eigenvalue weighted by atomic mass is 16.5. The van der Waals surface area contributed by atoms with Crippen molar-refractivity contribution in [2.24, 2.45) is 5.73 Å². The van der Waals surface area contributed by atoms with Crippen molar-refractivity contribution in [2.75, 3.05) is 19.8 Å². The number of hydrogen-bond donors (Lipinski definition) is 2. The molecule has 0 aromatic carbocycles. The number of aliphatic hydroxyl groups is 1. The van der Waals surface area contributed by atoms with E-state index < -0.39 is 0 Å². The van der Waals surface area contributed by atoms with Gasteiger partial charge in [0.25, 0.3) is 0 Å². The monoisotopic (exact) mass is 217 g/mol. The van der Waals surface area contributed by atoms with E-state index in [1.54, 1.807) is 0 Å². The smallest absolute Gasteiger partial charge is 0.0645 e. The van der Waals surface area contributed by atoms with Gasteiger partial charge in [-0.3, -0.25) is 0 Å². The van der Waals surface area contributed by atoms with E-state index in [1.165, 1.54) is 0 Å². The van der Waals surface area contributed by atoms with E-state index in [-0.39, 0.29) is 5.54 Å². The van der Waals surface area contributed by atoms with Gasteiger partial charge in [-0.05, 0) is 25.7 Å². The van der Waals surface area contributed by atoms with Crippen molar-refractivity contribution in [2.45, 2.75) is 57.9 Å². The van der Waals surface area contributed by atoms with E-state index in [4.69, 9.17) is 15.6 Å². The van der Waals surface area contributed by atoms with Gasteiger partial charge in [-0.2, -0.15) is 0 Å². The largest absolute Gasteiger partial charge is 0.396 e. The lowest BCUT2D eigenvalue weighted by Gasteiger charge is -2.26. The van der Waals surface area contributed by atoms with Crippen molar-refractivity contribution >= 4 is 0 Å². The van der Waals surface area contributed by atoms with Crippen molar-refractivity contribution in [1.29, 1.82) is 0 Å². The maximum atomic E-state index is 8.59. The van der Waals surface area contributed by atoms with Gasteiger partial charge in [0.05, 0.1) is 6.61 Å². The van der Waals surface area contributed by atoms with Crippen LogP contribution in [0.25, 0.3) is 0 Å². The Morgan fingerprint density at radius 3 is 2.20 bits per heavy atom. The predicted octanol–water partition coefficient (Wildman–Crippen LogP) is 2.07. The molecule has 0 amide bonds. The SMILES string of the molecule is CCC(N)(CC)COCCCCCCO. The van der Waals surface area contributed by atoms with Crippen LogP contribution in [0.1, 0.15) is 52.4 Å². The fraction of sp³-hybridized carbons (Fsp3) is 1.00. The minimum atomic E-state index is -0.134. The minimum absolute atomic E-state index is 0.134. The number of unbranched alkanes of at least 4 members (excludes halogenated alkanes) is 3. The summed E-state index contributed by atoms with van der Waals surface area (Å²) in [5, 5.41) is 8.59. The van der Waals surface area contributed by atoms with Gasteiger partial charge < -0.3 is 15.6 Å². The van der Waals surface area contributed by atoms with Crippen molar-refractivity contribution in [3.8, 4) is 0 Å². The number of nitrogens with two attached hydrogens (primary N) is 1. The molecule has 0 atom stereocenters. The molecule has 0 fully saturated rings. The highest BCUT2D eigenvalue weighted by molar-refractivity contribution is 4.80. The summed E-state index contributed by atoms with van der Waals surface area (Å²) in [5.41, 5.74) is 5.97. The second kappa shape index (κ2) is 9.13. The summed E-state index contributed by atoms with van der Waals surface area (Å²) in [6.07, 6.45) is 6.14. The summed E-state index contributed by atoms with van der Waals surface area (Å²) in [6, 6.07) is 0. The third-order valence-electron chi connectivity index (χ3n) is 2.99. The fourth-order valence-corrected chi connectivity index (χ4v) is 1.40. The van der Waals surface area contributed by atoms with Crippen LogP contribution in [0.4, 0.5) is 0 Å². The zero-order valence-corrected chi connectivity index (χ0v) is 10.3. The molecule has 92 valence electrons. The van der Waals surface area contributed by atoms with Crippen LogP contribution in [-0.4, -0.2) is 30.5 Å². The van der Waals surface area contributed by atoms with Crippen LogP contribution in [0.2, 0.25) is 0 Å². The van der Waals surface area contributed by atoms with Crippen LogP contribution < -0.4 is 5.73 Å². The van der Waals surface area contributed by atoms with Gasteiger partial charge in [0.2, 0.25) is 0 Å². The van der Waals surface area contributed by atoms with Crippen molar-refractivity contribution in [3.63, 3.8) is 0 Å². The van der Waals surface area contributed by atoms with E-state index in [0.29, 0.717) is 13.2 Å². The molecule has 0 rings (SSSR count). The second-order valence-electron chi connectivity index (χ2n) is 4.26. The fourth-order valence-electron chi connectivity index (χ4n) is 1.40. The number of aliphatic hydroxyl groups excluding tert-OH is 1. The Morgan fingerprint density at radius 1 is 1.07 bits per heavy atom. The van der Waals surface area contributed by atoms with Crippen LogP contribution in [0, 0.1) is 0 Å². The molecule has 0 radical (unpaired) electrons. The highest BCUT2D eigenvalue weighted by Gasteiger charge is 2.19. The third kappa shape index (κ3) is 7.77. The maximum Gasteiger partial charge on any atom is 0.0645 e. The second-order valence-corrected chi connectivity index (χ2v) is 4.26. The van der Waals surface area contributed by atoms with E-state index in [1.807, 2.05) is 0 Å². The van der Waals surface area contributed by atoms with E-state index in [2.05, 4.69) is 13.8 Å². The molecule has 0 aliphatic rings. The molecule has 0 unspecified atom stereocenters. The molecule has 3 nitrogen and oxygen atoms in total. The first-order valence-corrected chi connectivity index (χ1v) is 6.16. The lowest BCUT2D eigenvalue weighted by Crippen LogP contribution is -2.43. The standard InChI is InChI=1S/C12H27NO2/c1-3-12(13,4-2)11-15-10-8-6-5-7-9-14/h14H,3-11,13H2,1-2H3. The molecule has 0 saturated heterocycles. The molecular formula is C12H27NO2. The van der Waals surface area contributed by atoms with E-state index in [9.17, 15) is 0 Å². The highest BCUT2D eigenvalue weighted by Crippen LogP contribution is 2.11. The Labute approximate surface area is 94.0 Å². The molecule has 3 heteroatoms. The summed E-state index contributed by atoms with van der Waals surface area (Å²) >= 11 is 0.